The Morgan fingerprint density at radius 1 is 1.19 bits per heavy atom. The van der Waals surface area contributed by atoms with Gasteiger partial charge in [0.15, 0.2) is 0 Å². The van der Waals surface area contributed by atoms with Crippen LogP contribution in [0.2, 0.25) is 0 Å². The molecule has 21 heavy (non-hydrogen) atoms. The molecule has 0 spiro atoms. The van der Waals surface area contributed by atoms with Gasteiger partial charge >= 0.3 is 18.2 Å². The number of alkyl halides is 3. The number of hydrogen-bond donors (Lipinski definition) is 3. The number of carbonyl (C=O) groups is 2. The number of nitrogens with one attached hydrogen (secondary N) is 2. The molecule has 0 fully saturated rings. The van der Waals surface area contributed by atoms with Gasteiger partial charge in [-0.25, -0.2) is 9.59 Å². The van der Waals surface area contributed by atoms with E-state index in [1.807, 2.05) is 6.92 Å². The largest absolute Gasteiger partial charge is 0.479 e. The Balaban J connectivity index is 2.81. The van der Waals surface area contributed by atoms with Crippen molar-refractivity contribution < 1.29 is 27.9 Å². The van der Waals surface area contributed by atoms with Crippen molar-refractivity contribution in [3.8, 4) is 0 Å². The third kappa shape index (κ3) is 3.87. The quantitative estimate of drug-likeness (QED) is 0.800. The molecule has 3 N–H and O–H groups in total. The number of carbonyl (C=O) groups excluding carboxylic acids is 1. The van der Waals surface area contributed by atoms with E-state index in [0.717, 1.165) is 12.0 Å². The van der Waals surface area contributed by atoms with Gasteiger partial charge in [0, 0.05) is 5.69 Å². The molecule has 0 saturated heterocycles. The Labute approximate surface area is 119 Å². The van der Waals surface area contributed by atoms with Crippen LogP contribution < -0.4 is 10.6 Å². The van der Waals surface area contributed by atoms with Crippen LogP contribution in [0.25, 0.3) is 0 Å². The first-order valence-electron chi connectivity index (χ1n) is 6.08. The van der Waals surface area contributed by atoms with Crippen molar-refractivity contribution in [1.29, 1.82) is 0 Å². The van der Waals surface area contributed by atoms with Gasteiger partial charge in [0.1, 0.15) is 0 Å². The van der Waals surface area contributed by atoms with Gasteiger partial charge in [0.25, 0.3) is 0 Å². The molecule has 1 aromatic carbocycles. The highest BCUT2D eigenvalue weighted by Crippen LogP contribution is 2.30. The average molecular weight is 304 g/mol. The normalized spacial score (nSPS) is 14.1. The average Bonchev–Trinajstić information content (AvgIpc) is 2.37. The highest BCUT2D eigenvalue weighted by molar-refractivity contribution is 5.94. The second kappa shape index (κ2) is 6.02. The van der Waals surface area contributed by atoms with Crippen molar-refractivity contribution in [2.24, 2.45) is 0 Å². The van der Waals surface area contributed by atoms with E-state index >= 15 is 0 Å². The number of urea groups is 1. The van der Waals surface area contributed by atoms with E-state index in [1.165, 1.54) is 17.4 Å². The number of halogens is 3. The molecule has 0 aliphatic carbocycles. The Morgan fingerprint density at radius 2 is 1.71 bits per heavy atom. The maximum absolute atomic E-state index is 12.7. The number of benzene rings is 1. The molecule has 8 heteroatoms. The molecule has 1 atom stereocenters. The summed E-state index contributed by atoms with van der Waals surface area (Å²) in [4.78, 5) is 22.3. The predicted octanol–water partition coefficient (Wildman–Crippen LogP) is 2.78. The molecule has 0 heterocycles. The van der Waals surface area contributed by atoms with Gasteiger partial charge in [-0.3, -0.25) is 0 Å². The summed E-state index contributed by atoms with van der Waals surface area (Å²) in [7, 11) is 0. The van der Waals surface area contributed by atoms with Crippen LogP contribution in [0.4, 0.5) is 23.7 Å². The summed E-state index contributed by atoms with van der Waals surface area (Å²) in [6.07, 6.45) is -4.35. The van der Waals surface area contributed by atoms with Gasteiger partial charge in [-0.05, 0) is 31.0 Å². The van der Waals surface area contributed by atoms with Gasteiger partial charge in [0.2, 0.25) is 5.54 Å². The van der Waals surface area contributed by atoms with Crippen molar-refractivity contribution in [3.05, 3.63) is 29.8 Å². The van der Waals surface area contributed by atoms with E-state index in [4.69, 9.17) is 5.11 Å². The van der Waals surface area contributed by atoms with E-state index in [9.17, 15) is 22.8 Å². The van der Waals surface area contributed by atoms with Crippen molar-refractivity contribution >= 4 is 17.7 Å². The van der Waals surface area contributed by atoms with Crippen LogP contribution in [0.15, 0.2) is 24.3 Å². The summed E-state index contributed by atoms with van der Waals surface area (Å²) in [6, 6.07) is 5.20. The van der Waals surface area contributed by atoms with E-state index < -0.39 is 23.7 Å². The van der Waals surface area contributed by atoms with Crippen molar-refractivity contribution in [2.75, 3.05) is 5.32 Å². The summed E-state index contributed by atoms with van der Waals surface area (Å²) in [5, 5.41) is 12.3. The van der Waals surface area contributed by atoms with Gasteiger partial charge < -0.3 is 15.7 Å². The van der Waals surface area contributed by atoms with Crippen LogP contribution in [0.3, 0.4) is 0 Å². The van der Waals surface area contributed by atoms with Gasteiger partial charge in [0.05, 0.1) is 0 Å². The number of carboxylic acids is 1. The molecule has 1 rings (SSSR count). The van der Waals surface area contributed by atoms with Crippen LogP contribution in [0.5, 0.6) is 0 Å². The number of anilines is 1. The molecule has 1 unspecified atom stereocenters. The molecule has 0 aliphatic rings. The number of rotatable bonds is 4. The molecular formula is C13H15F3N2O3. The number of aliphatic carboxylic acids is 1. The molecule has 0 aliphatic heterocycles. The van der Waals surface area contributed by atoms with Crippen molar-refractivity contribution in [3.63, 3.8) is 0 Å². The molecular weight excluding hydrogens is 289 g/mol. The third-order valence-electron chi connectivity index (χ3n) is 2.98. The molecule has 116 valence electrons. The van der Waals surface area contributed by atoms with Crippen LogP contribution in [-0.2, 0) is 11.2 Å². The number of hydrogen-bond acceptors (Lipinski definition) is 2. The second-order valence-corrected chi connectivity index (χ2v) is 4.56. The molecule has 0 bridgehead atoms. The van der Waals surface area contributed by atoms with Gasteiger partial charge in [-0.1, -0.05) is 19.1 Å². The fourth-order valence-corrected chi connectivity index (χ4v) is 1.46. The van der Waals surface area contributed by atoms with Crippen molar-refractivity contribution in [2.45, 2.75) is 32.0 Å². The Bertz CT molecular complexity index is 528. The van der Waals surface area contributed by atoms with Crippen LogP contribution in [-0.4, -0.2) is 28.8 Å². The summed E-state index contributed by atoms with van der Waals surface area (Å²) in [5.41, 5.74) is -2.10. The number of aryl methyl sites for hydroxylation is 1. The first-order chi connectivity index (χ1) is 9.60. The van der Waals surface area contributed by atoms with Crippen LogP contribution in [0, 0.1) is 0 Å². The Hall–Kier alpha value is -2.25. The van der Waals surface area contributed by atoms with Crippen LogP contribution in [0.1, 0.15) is 19.4 Å². The highest BCUT2D eigenvalue weighted by atomic mass is 19.4. The molecule has 2 amide bonds. The lowest BCUT2D eigenvalue weighted by atomic mass is 10.0. The lowest BCUT2D eigenvalue weighted by Crippen LogP contribution is -2.62. The molecule has 0 radical (unpaired) electrons. The SMILES string of the molecule is CCc1ccc(NC(=O)NC(C)(C(=O)O)C(F)(F)F)cc1. The summed E-state index contributed by atoms with van der Waals surface area (Å²) < 4.78 is 38.2. The molecule has 0 aromatic heterocycles. The van der Waals surface area contributed by atoms with E-state index in [1.54, 1.807) is 12.1 Å². The van der Waals surface area contributed by atoms with Crippen LogP contribution >= 0.6 is 0 Å². The lowest BCUT2D eigenvalue weighted by Gasteiger charge is -2.28. The van der Waals surface area contributed by atoms with E-state index in [2.05, 4.69) is 5.32 Å². The fourth-order valence-electron chi connectivity index (χ4n) is 1.46. The maximum Gasteiger partial charge on any atom is 0.422 e. The monoisotopic (exact) mass is 304 g/mol. The zero-order valence-corrected chi connectivity index (χ0v) is 11.4. The minimum atomic E-state index is -5.12. The summed E-state index contributed by atoms with van der Waals surface area (Å²) in [5.74, 6) is -2.19. The van der Waals surface area contributed by atoms with Gasteiger partial charge in [-0.2, -0.15) is 13.2 Å². The van der Waals surface area contributed by atoms with Crippen molar-refractivity contribution in [1.82, 2.24) is 5.32 Å². The summed E-state index contributed by atoms with van der Waals surface area (Å²) in [6.45, 7) is 2.31. The van der Waals surface area contributed by atoms with E-state index in [-0.39, 0.29) is 5.69 Å². The first-order valence-corrected chi connectivity index (χ1v) is 6.08. The molecule has 0 saturated carbocycles. The topological polar surface area (TPSA) is 78.4 Å². The summed E-state index contributed by atoms with van der Waals surface area (Å²) >= 11 is 0. The molecule has 5 nitrogen and oxygen atoms in total. The second-order valence-electron chi connectivity index (χ2n) is 4.56. The smallest absolute Gasteiger partial charge is 0.422 e. The minimum Gasteiger partial charge on any atom is -0.479 e. The Morgan fingerprint density at radius 3 is 2.10 bits per heavy atom. The standard InChI is InChI=1S/C13H15F3N2O3/c1-3-8-4-6-9(7-5-8)17-11(21)18-12(2,10(19)20)13(14,15)16/h4-7H,3H2,1-2H3,(H,19,20)(H2,17,18,21). The zero-order valence-electron chi connectivity index (χ0n) is 11.4. The first kappa shape index (κ1) is 16.8. The Kier molecular flexibility index (Phi) is 4.82. The third-order valence-corrected chi connectivity index (χ3v) is 2.98. The number of carboxylic acid groups (broad SMARTS) is 1. The lowest BCUT2D eigenvalue weighted by molar-refractivity contribution is -0.203. The van der Waals surface area contributed by atoms with Gasteiger partial charge in [-0.15, -0.1) is 0 Å². The van der Waals surface area contributed by atoms with E-state index in [0.29, 0.717) is 6.92 Å². The maximum atomic E-state index is 12.7. The minimum absolute atomic E-state index is 0.264. The zero-order chi connectivity index (χ0) is 16.3. The highest BCUT2D eigenvalue weighted by Gasteiger charge is 2.58. The number of amides is 2. The fraction of sp³-hybridized carbons (Fsp3) is 0.385. The predicted molar refractivity (Wildman–Crippen MR) is 70.1 cm³/mol. The molecule has 1 aromatic rings.